The van der Waals surface area contributed by atoms with Gasteiger partial charge >= 0.3 is 5.95 Å². The van der Waals surface area contributed by atoms with Crippen molar-refractivity contribution in [2.24, 2.45) is 111 Å². The fourth-order valence-corrected chi connectivity index (χ4v) is 13.7. The molecule has 0 bridgehead atoms. The summed E-state index contributed by atoms with van der Waals surface area (Å²) in [6, 6.07) is 98.0. The van der Waals surface area contributed by atoms with Gasteiger partial charge in [0.25, 0.3) is 0 Å². The Labute approximate surface area is 915 Å². The molecule has 0 amide bonds. The molecule has 0 radical (unpaired) electrons. The molecule has 9 heterocycles. The molecule has 0 saturated heterocycles. The molecule has 1 aliphatic heterocycles. The minimum atomic E-state index is 0. The highest BCUT2D eigenvalue weighted by Gasteiger charge is 2.20. The fraction of sp³-hybridized carbons (Fsp3) is 0.186. The third-order valence-electron chi connectivity index (χ3n) is 22.0. The zero-order valence-corrected chi connectivity index (χ0v) is 87.8. The van der Waals surface area contributed by atoms with Gasteiger partial charge in [-0.3, -0.25) is 20.0 Å². The Morgan fingerprint density at radius 2 is 0.760 bits per heavy atom. The number of imidazole rings is 1. The number of nitrogen functional groups attached to an aromatic ring is 2. The number of halogens is 5. The van der Waals surface area contributed by atoms with Gasteiger partial charge < -0.3 is 63.3 Å². The Balaban J connectivity index is 0.000000437. The molecular weight excluding hydrogens is 1980 g/mol. The Morgan fingerprint density at radius 1 is 0.373 bits per heavy atom. The van der Waals surface area contributed by atoms with Crippen molar-refractivity contribution in [3.8, 4) is 17.2 Å². The van der Waals surface area contributed by atoms with E-state index in [9.17, 15) is 5.11 Å². The van der Waals surface area contributed by atoms with E-state index in [0.29, 0.717) is 16.4 Å². The summed E-state index contributed by atoms with van der Waals surface area (Å²) in [4.78, 5) is 0. The molecule has 0 unspecified atom stereocenters. The van der Waals surface area contributed by atoms with Gasteiger partial charge in [0, 0.05) is 144 Å². The van der Waals surface area contributed by atoms with Crippen LogP contribution in [0, 0.1) is 0 Å². The zero-order valence-electron chi connectivity index (χ0n) is 84.0. The topological polar surface area (TPSA) is 243 Å². The number of benzene rings is 9. The maximum absolute atomic E-state index is 10.1. The Morgan fingerprint density at radius 3 is 1.22 bits per heavy atom. The van der Waals surface area contributed by atoms with Gasteiger partial charge in [-0.05, 0) is 205 Å². The highest BCUT2D eigenvalue weighted by atomic mass is 35.5. The van der Waals surface area contributed by atoms with Crippen molar-refractivity contribution in [1.29, 1.82) is 0 Å². The number of phenols is 1. The van der Waals surface area contributed by atoms with Gasteiger partial charge in [-0.15, -0.1) is 9.80 Å². The summed E-state index contributed by atoms with van der Waals surface area (Å²) in [5, 5.41) is 54.5. The smallest absolute Gasteiger partial charge is 0.421 e. The van der Waals surface area contributed by atoms with E-state index in [1.807, 2.05) is 467 Å². The summed E-state index contributed by atoms with van der Waals surface area (Å²) in [5.41, 5.74) is 30.2. The third-order valence-corrected chi connectivity index (χ3v) is 22.5. The number of ether oxygens (including phenoxy) is 2. The minimum absolute atomic E-state index is 0. The van der Waals surface area contributed by atoms with Crippen LogP contribution in [-0.4, -0.2) is 81.1 Å². The van der Waals surface area contributed by atoms with Gasteiger partial charge in [-0.2, -0.15) is 30.2 Å². The molecule has 27 nitrogen and oxygen atoms in total. The van der Waals surface area contributed by atoms with Crippen molar-refractivity contribution >= 4 is 140 Å². The number of hydrogen-bond acceptors (Lipinski definition) is 17. The van der Waals surface area contributed by atoms with Gasteiger partial charge in [-0.1, -0.05) is 138 Å². The monoisotopic (exact) mass is 2120 g/mol. The van der Waals surface area contributed by atoms with Crippen LogP contribution in [0.2, 0.25) is 10.0 Å². The summed E-state index contributed by atoms with van der Waals surface area (Å²) in [7, 11) is 28.8. The number of aromatic nitrogens is 10. The second-order valence-electron chi connectivity index (χ2n) is 32.7. The average molecular weight is 2120 g/mol. The molecule has 17 aromatic rings. The first kappa shape index (κ1) is 128. The number of rotatable bonds is 21. The maximum atomic E-state index is 10.1. The Hall–Kier alpha value is -16.4. The van der Waals surface area contributed by atoms with Crippen molar-refractivity contribution in [2.75, 3.05) is 73.4 Å². The van der Waals surface area contributed by atoms with Crippen molar-refractivity contribution in [1.82, 2.24) is 9.25 Å². The number of azo groups is 2. The molecule has 8 aromatic heterocycles. The fourth-order valence-electron chi connectivity index (χ4n) is 13.4. The molecule has 32 heteroatoms. The zero-order chi connectivity index (χ0) is 101. The lowest BCUT2D eigenvalue weighted by atomic mass is 10.1. The average Bonchev–Trinajstić information content (AvgIpc) is 1.63. The number of hydrazone groups is 4. The van der Waals surface area contributed by atoms with Crippen molar-refractivity contribution in [3.63, 3.8) is 0 Å². The molecule has 150 heavy (non-hydrogen) atoms. The standard InChI is InChI=1S/C15H13ClN4O.C15H18N3O.C15H16N3.C14H15ClN3.C14H16N3.2C14H14N2.C12H15N4O.5CH4.3ClH/c1-19-9-10-3-8-13(21)14(15(10)20(19)2)18-17-12-6-4-11(16)5-7-12;1-17-10-8-13(9-11-17)12-16-18(2)14-4-6-15(19-3)7-5-14;1-17-10-5-4-7-14(17)12-16-18-11-9-13-6-2-3-8-15(13)18;1-17-10-4-3-5-14(17)11-16-18(2)13-8-6-12(15)7-9-13;1-16-10-8-13(9-11-16)12-15-17(2)14-6-4-3-5-7-14;1-16-10-8-13(9-11-16)3-2-12-4-6-14(15)7-5-12;1-16-11-3-2-4-14(16)10-7-12-5-8-13(15)9-6-12;1-15-8-9-16(2)12(15)14-13-10-4-6-11(17-3)7-5-10;;;;;;;;/h3-9H,1-2H3;4-12H,1-3H3;2-8,10,12H,9,11H2,1H3;3-11H,1-2H3;3-12H,1-2H3;2*2-11,15H,1H3;4-9H,1-3H3;5*1H4;3*1H/q;4*+1;;;+1;;;;;;;;. The van der Waals surface area contributed by atoms with E-state index in [1.54, 1.807) is 44.6 Å². The van der Waals surface area contributed by atoms with Crippen LogP contribution in [0.4, 0.5) is 57.1 Å². The molecule has 0 atom stereocenters. The number of pyridine rings is 6. The van der Waals surface area contributed by atoms with E-state index in [0.717, 1.165) is 114 Å². The van der Waals surface area contributed by atoms with Gasteiger partial charge in [0.1, 0.15) is 83.2 Å². The molecule has 0 spiro atoms. The molecule has 18 rings (SSSR count). The quantitative estimate of drug-likeness (QED) is 0.0203. The molecular formula is C118H144Cl5N24O3+5. The number of aromatic hydroxyl groups is 1. The maximum Gasteiger partial charge on any atom is 0.421 e. The van der Waals surface area contributed by atoms with E-state index in [1.165, 1.54) is 22.5 Å². The predicted octanol–water partition coefficient (Wildman–Crippen LogP) is 13.3. The van der Waals surface area contributed by atoms with E-state index >= 15 is 0 Å². The predicted molar refractivity (Wildman–Crippen MR) is 608 cm³/mol. The largest absolute Gasteiger partial charge is 1.00 e. The molecule has 0 fully saturated rings. The number of para-hydroxylation sites is 2. The Bertz CT molecular complexity index is 7020. The number of hydrogen-bond donors (Lipinski definition) is 3. The first-order chi connectivity index (χ1) is 68.7. The number of aryl methyl sites for hydroxylation is 10. The summed E-state index contributed by atoms with van der Waals surface area (Å²) in [6.07, 6.45) is 40.8. The first-order valence-corrected chi connectivity index (χ1v) is 46.3. The van der Waals surface area contributed by atoms with Crippen LogP contribution >= 0.6 is 23.2 Å². The lowest BCUT2D eigenvalue weighted by molar-refractivity contribution is -0.748. The van der Waals surface area contributed by atoms with Crippen molar-refractivity contribution in [2.45, 2.75) is 43.6 Å². The normalized spacial score (nSPS) is 10.7. The van der Waals surface area contributed by atoms with Gasteiger partial charge in [0.2, 0.25) is 23.3 Å². The molecule has 0 aliphatic carbocycles. The number of fused-ring (bicyclic) bond motifs is 2. The van der Waals surface area contributed by atoms with Crippen LogP contribution in [0.5, 0.6) is 17.2 Å². The van der Waals surface area contributed by atoms with E-state index < -0.39 is 0 Å². The third kappa shape index (κ3) is 41.5. The van der Waals surface area contributed by atoms with Crippen LogP contribution in [0.25, 0.3) is 35.2 Å². The Kier molecular flexibility index (Phi) is 56.7. The van der Waals surface area contributed by atoms with Crippen LogP contribution in [0.3, 0.4) is 0 Å². The van der Waals surface area contributed by atoms with Gasteiger partial charge in [-0.25, -0.2) is 36.5 Å². The van der Waals surface area contributed by atoms with E-state index in [4.69, 9.17) is 44.1 Å². The van der Waals surface area contributed by atoms with Crippen LogP contribution in [0.1, 0.15) is 87.6 Å². The highest BCUT2D eigenvalue weighted by molar-refractivity contribution is 6.31. The molecule has 1 aliphatic rings. The lowest BCUT2D eigenvalue weighted by Crippen LogP contribution is -3.00. The highest BCUT2D eigenvalue weighted by Crippen LogP contribution is 2.36. The van der Waals surface area contributed by atoms with E-state index in [-0.39, 0.29) is 80.1 Å². The number of nitrogens with two attached hydrogens (primary N) is 2. The van der Waals surface area contributed by atoms with Crippen molar-refractivity contribution in [3.05, 3.63) is 438 Å². The minimum Gasteiger partial charge on any atom is -1.00 e. The number of nitrogens with zero attached hydrogens (tertiary/aromatic N) is 22. The van der Waals surface area contributed by atoms with Crippen LogP contribution in [0.15, 0.2) is 419 Å². The lowest BCUT2D eigenvalue weighted by Gasteiger charge is -2.12. The summed E-state index contributed by atoms with van der Waals surface area (Å²) in [6.45, 7) is 0.965. The van der Waals surface area contributed by atoms with Crippen LogP contribution in [-0.2, 0) is 76.9 Å². The first-order valence-electron chi connectivity index (χ1n) is 45.6. The molecule has 0 saturated carbocycles. The number of methoxy groups -OCH3 is 2. The SMILES string of the molecule is C.C.C.C.C.CN(N=Cc1cc[n+](C)cc1)c1ccccc1.CN(N=Cc1cccc[n+]1C)c1ccc(Cl)cc1.COc1ccc(N(C)N=Cc2cc[n+](C)cc2)cc1.COc1ccc(N=Nc2n(C)cc[n+]2C)cc1.C[n+]1ccc(C=Cc2ccc(N)cc2)cc1.C[n+]1ccccc1C=Cc1ccc(N)cc1.C[n+]1ccccc1C=NN1CCc2ccccc21.Cn1c2c(N=Nc3ccc(Cl)cc3)c(O)ccc2c[n+]1C.[Cl-].[Cl-].[Cl-]. The summed E-state index contributed by atoms with van der Waals surface area (Å²) in [5.74, 6) is 2.55. The van der Waals surface area contributed by atoms with Crippen molar-refractivity contribution < 1.29 is 88.5 Å². The second kappa shape index (κ2) is 66.6. The van der Waals surface area contributed by atoms with Gasteiger partial charge in [0.15, 0.2) is 68.5 Å². The van der Waals surface area contributed by atoms with Crippen LogP contribution < -0.4 is 115 Å². The number of phenolic OH excluding ortho intramolecular Hbond substituents is 1. The van der Waals surface area contributed by atoms with Gasteiger partial charge in [0.05, 0.1) is 94.0 Å². The molecule has 5 N–H and O–H groups in total. The molecule has 784 valence electrons. The van der Waals surface area contributed by atoms with E-state index in [2.05, 4.69) is 128 Å². The summed E-state index contributed by atoms with van der Waals surface area (Å²) >= 11 is 11.7. The molecule has 9 aromatic carbocycles. The number of anilines is 6. The summed E-state index contributed by atoms with van der Waals surface area (Å²) < 4.78 is 30.0. The second-order valence-corrected chi connectivity index (χ2v) is 33.5.